The van der Waals surface area contributed by atoms with Gasteiger partial charge in [-0.3, -0.25) is 4.99 Å². The molecular weight excluding hydrogens is 668 g/mol. The zero-order valence-corrected chi connectivity index (χ0v) is 28.7. The summed E-state index contributed by atoms with van der Waals surface area (Å²) in [5.41, 5.74) is 1.46. The molecule has 12 heteroatoms. The number of aromatic hydroxyl groups is 1. The maximum atomic E-state index is 12.0. The average molecular weight is 713 g/mol. The summed E-state index contributed by atoms with van der Waals surface area (Å²) in [6.45, 7) is 2.89. The van der Waals surface area contributed by atoms with E-state index in [1.54, 1.807) is 18.2 Å². The van der Waals surface area contributed by atoms with Crippen LogP contribution in [0.25, 0.3) is 17.4 Å². The molecule has 0 unspecified atom stereocenters. The number of aliphatic imine (C=N–C) groups is 1. The Labute approximate surface area is 301 Å². The van der Waals surface area contributed by atoms with Gasteiger partial charge in [-0.2, -0.15) is 0 Å². The Balaban J connectivity index is 1.19. The van der Waals surface area contributed by atoms with E-state index < -0.39 is 36.2 Å². The van der Waals surface area contributed by atoms with Crippen molar-refractivity contribution in [2.75, 3.05) is 26.2 Å². The lowest BCUT2D eigenvalue weighted by molar-refractivity contribution is -0.311. The van der Waals surface area contributed by atoms with Crippen molar-refractivity contribution in [3.8, 4) is 17.2 Å². The zero-order chi connectivity index (χ0) is 36.8. The molecule has 52 heavy (non-hydrogen) atoms. The zero-order valence-electron chi connectivity index (χ0n) is 28.7. The van der Waals surface area contributed by atoms with Gasteiger partial charge in [-0.15, -0.1) is 0 Å². The Hall–Kier alpha value is -4.98. The standard InChI is InChI=1S/C40H44N2O10/c1-24(6-5-9-25-7-3-2-4-8-25)28(18-26-16-17-41-20-26)21-42-23-40(49)37(46)35(45)36(38(47)48)52-39(40)51-30-14-15-31-33(19-30)50-22-32(34(31)44)27-10-12-29(43)13-11-27/h2-5,7-16,19-20,24,28,35-37,39,42-46,49H,6,17-18,21-23H2,1H3,(H,47,48)/b9-5+/t24-,28+,35-,36+,37+,39-,40-/m1/s1. The van der Waals surface area contributed by atoms with Gasteiger partial charge in [0.05, 0.1) is 12.1 Å². The van der Waals surface area contributed by atoms with E-state index in [1.165, 1.54) is 24.3 Å². The number of phenols is 1. The largest absolute Gasteiger partial charge is 0.508 e. The Morgan fingerprint density at radius 1 is 1.10 bits per heavy atom. The van der Waals surface area contributed by atoms with Crippen LogP contribution in [0.4, 0.5) is 0 Å². The number of hydrogen-bond donors (Lipinski definition) is 7. The third-order valence-electron chi connectivity index (χ3n) is 9.84. The number of aliphatic carboxylic acids is 1. The number of nitrogens with zero attached hydrogens (tertiary/aromatic N) is 1. The Kier molecular flexibility index (Phi) is 11.4. The molecule has 7 atom stereocenters. The molecule has 12 nitrogen and oxygen atoms in total. The third-order valence-corrected chi connectivity index (χ3v) is 9.84. The smallest absolute Gasteiger partial charge is 0.335 e. The van der Waals surface area contributed by atoms with Crippen molar-refractivity contribution < 1.29 is 49.6 Å². The van der Waals surface area contributed by atoms with Crippen LogP contribution >= 0.6 is 0 Å². The number of hydrogen-bond acceptors (Lipinski definition) is 11. The van der Waals surface area contributed by atoms with E-state index in [2.05, 4.69) is 35.5 Å². The van der Waals surface area contributed by atoms with E-state index in [0.717, 1.165) is 24.0 Å². The van der Waals surface area contributed by atoms with Crippen molar-refractivity contribution in [2.45, 2.75) is 50.0 Å². The Morgan fingerprint density at radius 3 is 2.58 bits per heavy atom. The molecule has 274 valence electrons. The molecule has 7 N–H and O–H groups in total. The van der Waals surface area contributed by atoms with Gasteiger partial charge in [0.1, 0.15) is 41.8 Å². The second kappa shape index (κ2) is 16.1. The topological polar surface area (TPSA) is 191 Å². The predicted molar refractivity (Wildman–Crippen MR) is 195 cm³/mol. The predicted octanol–water partition coefficient (Wildman–Crippen LogP) is 4.20. The summed E-state index contributed by atoms with van der Waals surface area (Å²) in [6, 6.07) is 20.8. The van der Waals surface area contributed by atoms with E-state index in [1.807, 2.05) is 36.5 Å². The number of phenolic OH excluding ortho intramolecular Hbond substituents is 1. The van der Waals surface area contributed by atoms with Gasteiger partial charge in [0.25, 0.3) is 0 Å². The molecule has 3 aliphatic heterocycles. The fourth-order valence-corrected chi connectivity index (χ4v) is 6.67. The highest BCUT2D eigenvalue weighted by Gasteiger charge is 2.58. The van der Waals surface area contributed by atoms with Gasteiger partial charge in [0.2, 0.25) is 6.29 Å². The molecule has 0 aliphatic carbocycles. The van der Waals surface area contributed by atoms with Crippen LogP contribution in [-0.4, -0.2) is 99.3 Å². The maximum absolute atomic E-state index is 12.0. The number of allylic oxidation sites excluding steroid dienone is 2. The summed E-state index contributed by atoms with van der Waals surface area (Å²) in [5, 5.41) is 67.6. The molecule has 1 fully saturated rings. The number of fused-ring (bicyclic) bond motifs is 1. The molecule has 3 aliphatic rings. The summed E-state index contributed by atoms with van der Waals surface area (Å²) in [4.78, 5) is 16.3. The summed E-state index contributed by atoms with van der Waals surface area (Å²) in [5.74, 6) is -0.838. The molecule has 0 aromatic heterocycles. The summed E-state index contributed by atoms with van der Waals surface area (Å²) in [7, 11) is 0. The minimum atomic E-state index is -2.29. The van der Waals surface area contributed by atoms with E-state index in [-0.39, 0.29) is 48.0 Å². The first kappa shape index (κ1) is 36.8. The fourth-order valence-electron chi connectivity index (χ4n) is 6.67. The van der Waals surface area contributed by atoms with Crippen LogP contribution in [0.2, 0.25) is 0 Å². The van der Waals surface area contributed by atoms with Gasteiger partial charge in [-0.25, -0.2) is 4.79 Å². The van der Waals surface area contributed by atoms with Crippen molar-refractivity contribution >= 4 is 29.6 Å². The number of carboxylic acid groups (broad SMARTS) is 1. The molecule has 0 amide bonds. The minimum Gasteiger partial charge on any atom is -0.508 e. The van der Waals surface area contributed by atoms with Crippen LogP contribution in [0.3, 0.4) is 0 Å². The van der Waals surface area contributed by atoms with Crippen molar-refractivity contribution in [2.24, 2.45) is 16.8 Å². The number of carboxylic acids is 1. The quantitative estimate of drug-likeness (QED) is 0.127. The molecule has 3 heterocycles. The molecule has 3 aromatic carbocycles. The number of rotatable bonds is 14. The molecule has 3 aromatic rings. The first-order chi connectivity index (χ1) is 25.0. The number of aliphatic hydroxyl groups excluding tert-OH is 3. The van der Waals surface area contributed by atoms with E-state index in [4.69, 9.17) is 14.2 Å². The van der Waals surface area contributed by atoms with Gasteiger partial charge in [-0.05, 0) is 72.2 Å². The van der Waals surface area contributed by atoms with Crippen LogP contribution in [0.5, 0.6) is 17.2 Å². The highest BCUT2D eigenvalue weighted by molar-refractivity contribution is 5.91. The molecule has 6 rings (SSSR count). The summed E-state index contributed by atoms with van der Waals surface area (Å²) in [6.07, 6.45) is 2.14. The van der Waals surface area contributed by atoms with Crippen LogP contribution < -0.4 is 14.8 Å². The van der Waals surface area contributed by atoms with Crippen molar-refractivity contribution in [1.29, 1.82) is 0 Å². The van der Waals surface area contributed by atoms with Gasteiger partial charge in [-0.1, -0.05) is 67.6 Å². The second-order valence-electron chi connectivity index (χ2n) is 13.5. The van der Waals surface area contributed by atoms with E-state index in [9.17, 15) is 35.4 Å². The lowest BCUT2D eigenvalue weighted by atomic mass is 9.84. The molecule has 0 radical (unpaired) electrons. The molecule has 1 saturated heterocycles. The highest BCUT2D eigenvalue weighted by atomic mass is 16.7. The molecule has 0 spiro atoms. The summed E-state index contributed by atoms with van der Waals surface area (Å²) >= 11 is 0. The Morgan fingerprint density at radius 2 is 1.87 bits per heavy atom. The first-order valence-electron chi connectivity index (χ1n) is 17.3. The van der Waals surface area contributed by atoms with Gasteiger partial charge in [0.15, 0.2) is 11.7 Å². The monoisotopic (exact) mass is 712 g/mol. The van der Waals surface area contributed by atoms with Gasteiger partial charge in [0, 0.05) is 24.4 Å². The number of carbonyl (C=O) groups is 1. The lowest BCUT2D eigenvalue weighted by Gasteiger charge is -2.47. The maximum Gasteiger partial charge on any atom is 0.335 e. The number of benzene rings is 3. The van der Waals surface area contributed by atoms with Crippen molar-refractivity contribution in [1.82, 2.24) is 5.32 Å². The second-order valence-corrected chi connectivity index (χ2v) is 13.5. The van der Waals surface area contributed by atoms with E-state index >= 15 is 0 Å². The van der Waals surface area contributed by atoms with Crippen molar-refractivity contribution in [3.05, 3.63) is 107 Å². The number of ether oxygens (including phenoxy) is 3. The lowest BCUT2D eigenvalue weighted by Crippen LogP contribution is -2.71. The van der Waals surface area contributed by atoms with E-state index in [0.29, 0.717) is 29.8 Å². The Bertz CT molecular complexity index is 1840. The third kappa shape index (κ3) is 8.22. The van der Waals surface area contributed by atoms with Crippen molar-refractivity contribution in [3.63, 3.8) is 0 Å². The number of nitrogens with one attached hydrogen (secondary N) is 1. The fraction of sp³-hybridized carbons (Fsp3) is 0.350. The molecular formula is C40H44N2O10. The molecule has 0 saturated carbocycles. The van der Waals surface area contributed by atoms with Crippen LogP contribution in [0.1, 0.15) is 36.5 Å². The average Bonchev–Trinajstić information content (AvgIpc) is 3.66. The van der Waals surface area contributed by atoms with Crippen LogP contribution in [-0.2, 0) is 9.53 Å². The van der Waals surface area contributed by atoms with Crippen LogP contribution in [0, 0.1) is 11.8 Å². The number of aliphatic hydroxyl groups is 4. The highest BCUT2D eigenvalue weighted by Crippen LogP contribution is 2.40. The first-order valence-corrected chi connectivity index (χ1v) is 17.3. The SMILES string of the molecule is C[C@H](C/C=C/c1ccccc1)[C@H](CNC[C@]1(O)[C@H](Oc2ccc3c(c2)OCC(c2ccc(O)cc2)=C3O)O[C@H](C(=O)O)[C@@H](O)[C@@H]1O)CC1=CCN=C1. The van der Waals surface area contributed by atoms with Gasteiger partial charge < -0.3 is 50.2 Å². The van der Waals surface area contributed by atoms with Crippen LogP contribution in [0.15, 0.2) is 95.5 Å². The normalized spacial score (nSPS) is 25.3. The summed E-state index contributed by atoms with van der Waals surface area (Å²) < 4.78 is 17.6. The molecule has 0 bridgehead atoms. The minimum absolute atomic E-state index is 0.0111. The van der Waals surface area contributed by atoms with Gasteiger partial charge >= 0.3 is 5.97 Å².